The smallest absolute Gasteiger partial charge is 0.307 e. The fourth-order valence-electron chi connectivity index (χ4n) is 1.74. The highest BCUT2D eigenvalue weighted by Crippen LogP contribution is 2.39. The number of thioether (sulfide) groups is 1. The van der Waals surface area contributed by atoms with Crippen LogP contribution in [0.2, 0.25) is 5.02 Å². The molecule has 0 aromatic heterocycles. The number of amides is 1. The zero-order chi connectivity index (χ0) is 13.3. The standard InChI is InChI=1S/C12H12ClNO3S/c1-18-10-3-2-6(4-9(10)13)14-11(15)7-5-8(7)12(16)17/h2-4,7-8H,5H2,1H3,(H,14,15)(H,16,17). The van der Waals surface area contributed by atoms with Crippen LogP contribution in [-0.4, -0.2) is 23.2 Å². The number of carbonyl (C=O) groups excluding carboxylic acids is 1. The second kappa shape index (κ2) is 5.20. The van der Waals surface area contributed by atoms with Crippen LogP contribution >= 0.6 is 23.4 Å². The molecule has 1 aromatic rings. The lowest BCUT2D eigenvalue weighted by atomic mass is 10.2. The Bertz CT molecular complexity index is 506. The predicted octanol–water partition coefficient (Wildman–Crippen LogP) is 2.72. The van der Waals surface area contributed by atoms with Gasteiger partial charge in [-0.3, -0.25) is 9.59 Å². The van der Waals surface area contributed by atoms with Crippen LogP contribution < -0.4 is 5.32 Å². The number of benzene rings is 1. The topological polar surface area (TPSA) is 66.4 Å². The molecular formula is C12H12ClNO3S. The lowest BCUT2D eigenvalue weighted by molar-refractivity contribution is -0.139. The summed E-state index contributed by atoms with van der Waals surface area (Å²) in [6, 6.07) is 5.25. The molecule has 0 bridgehead atoms. The Labute approximate surface area is 114 Å². The van der Waals surface area contributed by atoms with Crippen molar-refractivity contribution in [3.8, 4) is 0 Å². The maximum atomic E-state index is 11.7. The summed E-state index contributed by atoms with van der Waals surface area (Å²) in [4.78, 5) is 23.3. The molecule has 0 saturated heterocycles. The van der Waals surface area contributed by atoms with E-state index in [4.69, 9.17) is 16.7 Å². The number of hydrogen-bond acceptors (Lipinski definition) is 3. The summed E-state index contributed by atoms with van der Waals surface area (Å²) < 4.78 is 0. The van der Waals surface area contributed by atoms with E-state index in [1.165, 1.54) is 11.8 Å². The van der Waals surface area contributed by atoms with E-state index in [9.17, 15) is 9.59 Å². The quantitative estimate of drug-likeness (QED) is 0.835. The van der Waals surface area contributed by atoms with Gasteiger partial charge < -0.3 is 10.4 Å². The highest BCUT2D eigenvalue weighted by atomic mass is 35.5. The molecule has 1 fully saturated rings. The second-order valence-corrected chi connectivity index (χ2v) is 5.38. The number of nitrogens with one attached hydrogen (secondary N) is 1. The van der Waals surface area contributed by atoms with Crippen molar-refractivity contribution in [3.05, 3.63) is 23.2 Å². The molecule has 1 aliphatic rings. The van der Waals surface area contributed by atoms with E-state index in [-0.39, 0.29) is 5.91 Å². The SMILES string of the molecule is CSc1ccc(NC(=O)C2CC2C(=O)O)cc1Cl. The molecule has 0 spiro atoms. The lowest BCUT2D eigenvalue weighted by Crippen LogP contribution is -2.16. The number of halogens is 1. The molecular weight excluding hydrogens is 274 g/mol. The number of carbonyl (C=O) groups is 2. The Kier molecular flexibility index (Phi) is 3.82. The molecule has 2 N–H and O–H groups in total. The average Bonchev–Trinajstić information content (AvgIpc) is 3.09. The van der Waals surface area contributed by atoms with Crippen LogP contribution in [0.15, 0.2) is 23.1 Å². The monoisotopic (exact) mass is 285 g/mol. The maximum Gasteiger partial charge on any atom is 0.307 e. The molecule has 1 aromatic carbocycles. The number of aliphatic carboxylic acids is 1. The van der Waals surface area contributed by atoms with Crippen molar-refractivity contribution >= 4 is 40.9 Å². The molecule has 0 radical (unpaired) electrons. The molecule has 1 saturated carbocycles. The van der Waals surface area contributed by atoms with E-state index in [0.29, 0.717) is 17.1 Å². The van der Waals surface area contributed by atoms with Gasteiger partial charge in [0.05, 0.1) is 16.9 Å². The van der Waals surface area contributed by atoms with Crippen molar-refractivity contribution in [2.24, 2.45) is 11.8 Å². The van der Waals surface area contributed by atoms with Gasteiger partial charge in [-0.1, -0.05) is 11.6 Å². The van der Waals surface area contributed by atoms with E-state index < -0.39 is 17.8 Å². The lowest BCUT2D eigenvalue weighted by Gasteiger charge is -2.07. The first-order valence-corrected chi connectivity index (χ1v) is 7.00. The van der Waals surface area contributed by atoms with Gasteiger partial charge in [-0.15, -0.1) is 11.8 Å². The van der Waals surface area contributed by atoms with Gasteiger partial charge in [-0.25, -0.2) is 0 Å². The van der Waals surface area contributed by atoms with E-state index in [1.807, 2.05) is 12.3 Å². The minimum atomic E-state index is -0.911. The highest BCUT2D eigenvalue weighted by Gasteiger charge is 2.48. The zero-order valence-electron chi connectivity index (χ0n) is 9.64. The van der Waals surface area contributed by atoms with E-state index in [0.717, 1.165) is 4.90 Å². The first-order chi connectivity index (χ1) is 8.52. The number of carboxylic acids is 1. The third kappa shape index (κ3) is 2.79. The van der Waals surface area contributed by atoms with Crippen molar-refractivity contribution in [1.82, 2.24) is 0 Å². The normalized spacial score (nSPS) is 21.4. The highest BCUT2D eigenvalue weighted by molar-refractivity contribution is 7.98. The number of anilines is 1. The molecule has 2 atom stereocenters. The summed E-state index contributed by atoms with van der Waals surface area (Å²) in [7, 11) is 0. The van der Waals surface area contributed by atoms with Gasteiger partial charge in [0.1, 0.15) is 0 Å². The van der Waals surface area contributed by atoms with E-state index in [2.05, 4.69) is 5.32 Å². The van der Waals surface area contributed by atoms with Crippen LogP contribution in [0.25, 0.3) is 0 Å². The van der Waals surface area contributed by atoms with E-state index >= 15 is 0 Å². The number of carboxylic acid groups (broad SMARTS) is 1. The molecule has 6 heteroatoms. The van der Waals surface area contributed by atoms with Crippen molar-refractivity contribution in [1.29, 1.82) is 0 Å². The first-order valence-electron chi connectivity index (χ1n) is 5.40. The minimum absolute atomic E-state index is 0.254. The third-order valence-electron chi connectivity index (χ3n) is 2.86. The minimum Gasteiger partial charge on any atom is -0.481 e. The van der Waals surface area contributed by atoms with Crippen LogP contribution in [0.4, 0.5) is 5.69 Å². The van der Waals surface area contributed by atoms with Gasteiger partial charge in [-0.05, 0) is 30.9 Å². The molecule has 0 heterocycles. The summed E-state index contributed by atoms with van der Waals surface area (Å²) in [6.07, 6.45) is 2.33. The number of hydrogen-bond donors (Lipinski definition) is 2. The summed E-state index contributed by atoms with van der Waals surface area (Å²) in [6.45, 7) is 0. The van der Waals surface area contributed by atoms with Crippen LogP contribution in [0, 0.1) is 11.8 Å². The van der Waals surface area contributed by atoms with Gasteiger partial charge in [-0.2, -0.15) is 0 Å². The van der Waals surface area contributed by atoms with Crippen LogP contribution in [0.3, 0.4) is 0 Å². The summed E-state index contributed by atoms with van der Waals surface area (Å²) >= 11 is 7.54. The van der Waals surface area contributed by atoms with Crippen molar-refractivity contribution in [3.63, 3.8) is 0 Å². The predicted molar refractivity (Wildman–Crippen MR) is 71.1 cm³/mol. The molecule has 2 unspecified atom stereocenters. The van der Waals surface area contributed by atoms with Crippen molar-refractivity contribution < 1.29 is 14.7 Å². The molecule has 18 heavy (non-hydrogen) atoms. The Morgan fingerprint density at radius 2 is 2.17 bits per heavy atom. The molecule has 96 valence electrons. The fraction of sp³-hybridized carbons (Fsp3) is 0.333. The van der Waals surface area contributed by atoms with Crippen molar-refractivity contribution in [2.75, 3.05) is 11.6 Å². The third-order valence-corrected chi connectivity index (χ3v) is 4.08. The van der Waals surface area contributed by atoms with Gasteiger partial charge >= 0.3 is 5.97 Å². The van der Waals surface area contributed by atoms with Crippen molar-refractivity contribution in [2.45, 2.75) is 11.3 Å². The molecule has 2 rings (SSSR count). The summed E-state index contributed by atoms with van der Waals surface area (Å²) in [5.41, 5.74) is 0.596. The Hall–Kier alpha value is -1.20. The van der Waals surface area contributed by atoms with E-state index in [1.54, 1.807) is 12.1 Å². The maximum absolute atomic E-state index is 11.7. The molecule has 1 amide bonds. The second-order valence-electron chi connectivity index (χ2n) is 4.13. The average molecular weight is 286 g/mol. The largest absolute Gasteiger partial charge is 0.481 e. The van der Waals surface area contributed by atoms with Gasteiger partial charge in [0, 0.05) is 10.6 Å². The summed E-state index contributed by atoms with van der Waals surface area (Å²) in [5.74, 6) is -2.12. The molecule has 4 nitrogen and oxygen atoms in total. The Balaban J connectivity index is 2.00. The Morgan fingerprint density at radius 1 is 1.44 bits per heavy atom. The van der Waals surface area contributed by atoms with Gasteiger partial charge in [0.15, 0.2) is 0 Å². The fourth-order valence-corrected chi connectivity index (χ4v) is 2.61. The van der Waals surface area contributed by atoms with Crippen LogP contribution in [-0.2, 0) is 9.59 Å². The van der Waals surface area contributed by atoms with Crippen LogP contribution in [0.1, 0.15) is 6.42 Å². The Morgan fingerprint density at radius 3 is 2.67 bits per heavy atom. The zero-order valence-corrected chi connectivity index (χ0v) is 11.2. The molecule has 1 aliphatic carbocycles. The summed E-state index contributed by atoms with van der Waals surface area (Å²) in [5, 5.41) is 12.0. The molecule has 0 aliphatic heterocycles. The first kappa shape index (κ1) is 13.2. The van der Waals surface area contributed by atoms with Gasteiger partial charge in [0.25, 0.3) is 0 Å². The van der Waals surface area contributed by atoms with Gasteiger partial charge in [0.2, 0.25) is 5.91 Å². The number of rotatable bonds is 4. The van der Waals surface area contributed by atoms with Crippen LogP contribution in [0.5, 0.6) is 0 Å².